The van der Waals surface area contributed by atoms with E-state index in [1.54, 1.807) is 35.3 Å². The number of hydrogen-bond acceptors (Lipinski definition) is 3. The number of aromatic nitrogens is 2. The lowest BCUT2D eigenvalue weighted by Crippen LogP contribution is -2.43. The number of halogens is 3. The lowest BCUT2D eigenvalue weighted by atomic mass is 9.78. The van der Waals surface area contributed by atoms with Crippen LogP contribution in [-0.4, -0.2) is 46.8 Å². The molecule has 140 valence electrons. The molecule has 0 unspecified atom stereocenters. The minimum absolute atomic E-state index is 0. The van der Waals surface area contributed by atoms with Gasteiger partial charge in [-0.1, -0.05) is 23.2 Å². The summed E-state index contributed by atoms with van der Waals surface area (Å²) in [6.07, 6.45) is 6.71. The number of hydrogen-bond donors (Lipinski definition) is 1. The van der Waals surface area contributed by atoms with Crippen molar-refractivity contribution in [1.29, 1.82) is 0 Å². The molecule has 0 aliphatic carbocycles. The van der Waals surface area contributed by atoms with Crippen molar-refractivity contribution in [3.05, 3.63) is 46.2 Å². The first-order valence-electron chi connectivity index (χ1n) is 8.56. The van der Waals surface area contributed by atoms with E-state index in [0.29, 0.717) is 26.7 Å². The second-order valence-electron chi connectivity index (χ2n) is 6.99. The molecule has 0 bridgehead atoms. The smallest absolute Gasteiger partial charge is 0.257 e. The first-order chi connectivity index (χ1) is 12.1. The highest BCUT2D eigenvalue weighted by atomic mass is 35.5. The van der Waals surface area contributed by atoms with Crippen LogP contribution in [0.4, 0.5) is 0 Å². The minimum atomic E-state index is 0. The molecule has 1 aromatic heterocycles. The van der Waals surface area contributed by atoms with Gasteiger partial charge in [-0.2, -0.15) is 5.10 Å². The molecule has 2 saturated heterocycles. The van der Waals surface area contributed by atoms with Crippen LogP contribution in [0.5, 0.6) is 0 Å². The Morgan fingerprint density at radius 3 is 2.62 bits per heavy atom. The molecule has 2 aromatic rings. The van der Waals surface area contributed by atoms with Gasteiger partial charge in [-0.25, -0.2) is 4.68 Å². The van der Waals surface area contributed by atoms with Gasteiger partial charge in [-0.15, -0.1) is 12.4 Å². The molecule has 5 nitrogen and oxygen atoms in total. The second-order valence-corrected chi connectivity index (χ2v) is 7.83. The van der Waals surface area contributed by atoms with Crippen molar-refractivity contribution in [3.8, 4) is 5.69 Å². The summed E-state index contributed by atoms with van der Waals surface area (Å²) in [4.78, 5) is 14.7. The number of rotatable bonds is 2. The zero-order valence-electron chi connectivity index (χ0n) is 14.3. The molecular weight excluding hydrogens is 395 g/mol. The fraction of sp³-hybridized carbons (Fsp3) is 0.444. The third-order valence-electron chi connectivity index (χ3n) is 5.43. The van der Waals surface area contributed by atoms with E-state index in [4.69, 9.17) is 23.2 Å². The van der Waals surface area contributed by atoms with Crippen LogP contribution in [0, 0.1) is 5.41 Å². The van der Waals surface area contributed by atoms with Crippen molar-refractivity contribution in [2.45, 2.75) is 19.3 Å². The summed E-state index contributed by atoms with van der Waals surface area (Å²) in [5, 5.41) is 8.82. The van der Waals surface area contributed by atoms with E-state index < -0.39 is 0 Å². The van der Waals surface area contributed by atoms with E-state index >= 15 is 0 Å². The van der Waals surface area contributed by atoms with Crippen molar-refractivity contribution in [3.63, 3.8) is 0 Å². The quantitative estimate of drug-likeness (QED) is 0.811. The maximum Gasteiger partial charge on any atom is 0.257 e. The van der Waals surface area contributed by atoms with Crippen LogP contribution in [-0.2, 0) is 0 Å². The number of benzene rings is 1. The number of amides is 1. The fourth-order valence-electron chi connectivity index (χ4n) is 3.82. The van der Waals surface area contributed by atoms with E-state index in [2.05, 4.69) is 10.4 Å². The number of nitrogens with zero attached hydrogens (tertiary/aromatic N) is 3. The van der Waals surface area contributed by atoms with E-state index in [9.17, 15) is 4.79 Å². The average Bonchev–Trinajstić information content (AvgIpc) is 3.25. The Bertz CT molecular complexity index is 791. The third kappa shape index (κ3) is 3.72. The van der Waals surface area contributed by atoms with Crippen LogP contribution in [0.2, 0.25) is 10.0 Å². The monoisotopic (exact) mass is 414 g/mol. The van der Waals surface area contributed by atoms with Crippen molar-refractivity contribution >= 4 is 41.5 Å². The number of piperidine rings is 1. The summed E-state index contributed by atoms with van der Waals surface area (Å²) >= 11 is 12.2. The predicted octanol–water partition coefficient (Wildman–Crippen LogP) is 3.82. The first kappa shape index (κ1) is 19.5. The third-order valence-corrected chi connectivity index (χ3v) is 5.97. The average molecular weight is 416 g/mol. The van der Waals surface area contributed by atoms with Gasteiger partial charge in [0.25, 0.3) is 5.91 Å². The zero-order valence-corrected chi connectivity index (χ0v) is 16.6. The van der Waals surface area contributed by atoms with Crippen LogP contribution >= 0.6 is 35.6 Å². The Balaban J connectivity index is 0.00000196. The second kappa shape index (κ2) is 7.77. The lowest BCUT2D eigenvalue weighted by Gasteiger charge is -2.38. The topological polar surface area (TPSA) is 50.2 Å². The first-order valence-corrected chi connectivity index (χ1v) is 9.32. The lowest BCUT2D eigenvalue weighted by molar-refractivity contribution is 0.0607. The maximum atomic E-state index is 12.8. The molecule has 8 heteroatoms. The van der Waals surface area contributed by atoms with Gasteiger partial charge in [0.15, 0.2) is 0 Å². The molecule has 1 N–H and O–H groups in total. The van der Waals surface area contributed by atoms with Gasteiger partial charge in [0.1, 0.15) is 0 Å². The number of carbonyl (C=O) groups excluding carboxylic acids is 1. The van der Waals surface area contributed by atoms with E-state index in [1.807, 2.05) is 4.90 Å². The van der Waals surface area contributed by atoms with Crippen LogP contribution in [0.1, 0.15) is 29.6 Å². The molecule has 4 rings (SSSR count). The number of likely N-dealkylation sites (tertiary alicyclic amines) is 1. The molecule has 2 aliphatic heterocycles. The highest BCUT2D eigenvalue weighted by molar-refractivity contribution is 6.35. The number of nitrogens with one attached hydrogen (secondary N) is 1. The van der Waals surface area contributed by atoms with Crippen LogP contribution in [0.15, 0.2) is 30.6 Å². The van der Waals surface area contributed by atoms with Crippen molar-refractivity contribution in [1.82, 2.24) is 20.0 Å². The highest BCUT2D eigenvalue weighted by Gasteiger charge is 2.38. The molecule has 3 heterocycles. The molecule has 0 atom stereocenters. The SMILES string of the molecule is Cl.O=C(c1cnn(-c2ccc(Cl)cc2Cl)c1)N1CCC2(CCNC2)CC1. The zero-order chi connectivity index (χ0) is 17.4. The maximum absolute atomic E-state index is 12.8. The van der Waals surface area contributed by atoms with Gasteiger partial charge in [0.05, 0.1) is 22.5 Å². The molecule has 1 amide bonds. The molecule has 2 fully saturated rings. The summed E-state index contributed by atoms with van der Waals surface area (Å²) in [7, 11) is 0. The molecule has 26 heavy (non-hydrogen) atoms. The van der Waals surface area contributed by atoms with Crippen molar-refractivity contribution in [2.24, 2.45) is 5.41 Å². The van der Waals surface area contributed by atoms with Gasteiger partial charge in [0, 0.05) is 30.9 Å². The Hall–Kier alpha value is -1.27. The van der Waals surface area contributed by atoms with Crippen molar-refractivity contribution in [2.75, 3.05) is 26.2 Å². The Morgan fingerprint density at radius 2 is 1.96 bits per heavy atom. The summed E-state index contributed by atoms with van der Waals surface area (Å²) in [6.45, 7) is 3.81. The van der Waals surface area contributed by atoms with Gasteiger partial charge in [-0.05, 0) is 49.4 Å². The Kier molecular flexibility index (Phi) is 5.82. The molecule has 0 saturated carbocycles. The molecular formula is C18H21Cl3N4O. The van der Waals surface area contributed by atoms with Crippen LogP contribution in [0.25, 0.3) is 5.69 Å². The predicted molar refractivity (Wildman–Crippen MR) is 106 cm³/mol. The molecule has 0 radical (unpaired) electrons. The van der Waals surface area contributed by atoms with Crippen molar-refractivity contribution < 1.29 is 4.79 Å². The summed E-state index contributed by atoms with van der Waals surface area (Å²) in [5.74, 6) is 0.0390. The largest absolute Gasteiger partial charge is 0.339 e. The summed E-state index contributed by atoms with van der Waals surface area (Å²) < 4.78 is 1.62. The summed E-state index contributed by atoms with van der Waals surface area (Å²) in [5.41, 5.74) is 1.70. The van der Waals surface area contributed by atoms with Gasteiger partial charge in [0.2, 0.25) is 0 Å². The van der Waals surface area contributed by atoms with Gasteiger partial charge < -0.3 is 10.2 Å². The van der Waals surface area contributed by atoms with E-state index in [1.165, 1.54) is 6.42 Å². The van der Waals surface area contributed by atoms with E-state index in [0.717, 1.165) is 39.0 Å². The minimum Gasteiger partial charge on any atom is -0.339 e. The molecule has 1 spiro atoms. The fourth-order valence-corrected chi connectivity index (χ4v) is 4.32. The highest BCUT2D eigenvalue weighted by Crippen LogP contribution is 2.37. The number of carbonyl (C=O) groups is 1. The van der Waals surface area contributed by atoms with Gasteiger partial charge in [-0.3, -0.25) is 4.79 Å². The normalized spacial score (nSPS) is 18.8. The van der Waals surface area contributed by atoms with E-state index in [-0.39, 0.29) is 18.3 Å². The summed E-state index contributed by atoms with van der Waals surface area (Å²) in [6, 6.07) is 5.22. The standard InChI is InChI=1S/C18H20Cl2N4O.ClH/c19-14-1-2-16(15(20)9-14)24-11-13(10-22-24)17(25)23-7-4-18(5-8-23)3-6-21-12-18;/h1-2,9-11,21H,3-8,12H2;1H. The Labute approximate surface area is 169 Å². The molecule has 2 aliphatic rings. The van der Waals surface area contributed by atoms with Crippen LogP contribution < -0.4 is 5.32 Å². The van der Waals surface area contributed by atoms with Gasteiger partial charge >= 0.3 is 0 Å². The Morgan fingerprint density at radius 1 is 1.19 bits per heavy atom. The molecule has 1 aromatic carbocycles. The van der Waals surface area contributed by atoms with Crippen LogP contribution in [0.3, 0.4) is 0 Å².